The van der Waals surface area contributed by atoms with Gasteiger partial charge in [0.15, 0.2) is 0 Å². The van der Waals surface area contributed by atoms with Crippen LogP contribution in [-0.2, 0) is 4.79 Å². The van der Waals surface area contributed by atoms with E-state index in [2.05, 4.69) is 10.5 Å². The third kappa shape index (κ3) is 4.93. The lowest BCUT2D eigenvalue weighted by Gasteiger charge is -2.04. The molecule has 0 aromatic heterocycles. The van der Waals surface area contributed by atoms with Crippen LogP contribution < -0.4 is 11.2 Å². The summed E-state index contributed by atoms with van der Waals surface area (Å²) < 4.78 is 0. The van der Waals surface area contributed by atoms with Gasteiger partial charge in [0, 0.05) is 10.6 Å². The standard InChI is InChI=1S/C17H19N3OS/c1-12-3-9-16(10-4-12)22-11-17(21)20-19-13(2)14-5-7-15(18)8-6-14/h3-10H,11,18H2,1-2H3,(H,20,21)/b19-13-. The summed E-state index contributed by atoms with van der Waals surface area (Å²) in [5, 5.41) is 4.11. The summed E-state index contributed by atoms with van der Waals surface area (Å²) in [7, 11) is 0. The number of nitrogen functional groups attached to an aromatic ring is 1. The van der Waals surface area contributed by atoms with Crippen LogP contribution in [0, 0.1) is 6.92 Å². The van der Waals surface area contributed by atoms with Crippen molar-refractivity contribution in [3.8, 4) is 0 Å². The van der Waals surface area contributed by atoms with E-state index in [4.69, 9.17) is 5.73 Å². The molecule has 0 saturated carbocycles. The van der Waals surface area contributed by atoms with Gasteiger partial charge in [-0.3, -0.25) is 4.79 Å². The monoisotopic (exact) mass is 313 g/mol. The largest absolute Gasteiger partial charge is 0.399 e. The molecule has 0 heterocycles. The topological polar surface area (TPSA) is 67.5 Å². The third-order valence-corrected chi connectivity index (χ3v) is 4.08. The third-order valence-electron chi connectivity index (χ3n) is 3.07. The Bertz CT molecular complexity index is 663. The van der Waals surface area contributed by atoms with Crippen molar-refractivity contribution in [3.05, 3.63) is 59.7 Å². The molecule has 0 saturated heterocycles. The second kappa shape index (κ2) is 7.66. The summed E-state index contributed by atoms with van der Waals surface area (Å²) in [6, 6.07) is 15.5. The molecule has 2 rings (SSSR count). The maximum Gasteiger partial charge on any atom is 0.250 e. The number of rotatable bonds is 5. The minimum atomic E-state index is -0.125. The van der Waals surface area contributed by atoms with Gasteiger partial charge in [0.25, 0.3) is 0 Å². The van der Waals surface area contributed by atoms with E-state index in [1.54, 1.807) is 0 Å². The van der Waals surface area contributed by atoms with E-state index in [0.717, 1.165) is 16.2 Å². The van der Waals surface area contributed by atoms with Crippen LogP contribution in [0.4, 0.5) is 5.69 Å². The molecule has 5 heteroatoms. The second-order valence-electron chi connectivity index (χ2n) is 4.96. The van der Waals surface area contributed by atoms with Crippen molar-refractivity contribution in [1.82, 2.24) is 5.43 Å². The van der Waals surface area contributed by atoms with Gasteiger partial charge in [-0.1, -0.05) is 29.8 Å². The van der Waals surface area contributed by atoms with Gasteiger partial charge in [-0.25, -0.2) is 5.43 Å². The van der Waals surface area contributed by atoms with E-state index in [-0.39, 0.29) is 5.91 Å². The number of anilines is 1. The van der Waals surface area contributed by atoms with E-state index in [1.807, 2.05) is 62.4 Å². The molecule has 114 valence electrons. The number of hydrazone groups is 1. The fraction of sp³-hybridized carbons (Fsp3) is 0.176. The molecule has 3 N–H and O–H groups in total. The maximum atomic E-state index is 11.8. The van der Waals surface area contributed by atoms with Crippen LogP contribution >= 0.6 is 11.8 Å². The minimum absolute atomic E-state index is 0.125. The van der Waals surface area contributed by atoms with Crippen LogP contribution in [0.1, 0.15) is 18.1 Å². The summed E-state index contributed by atoms with van der Waals surface area (Å²) in [6.45, 7) is 3.88. The molecule has 4 nitrogen and oxygen atoms in total. The second-order valence-corrected chi connectivity index (χ2v) is 6.00. The summed E-state index contributed by atoms with van der Waals surface area (Å²) in [6.07, 6.45) is 0. The number of carbonyl (C=O) groups is 1. The molecule has 1 amide bonds. The molecule has 2 aromatic carbocycles. The average molecular weight is 313 g/mol. The quantitative estimate of drug-likeness (QED) is 0.385. The molecule has 0 aliphatic rings. The Morgan fingerprint density at radius 1 is 1.14 bits per heavy atom. The van der Waals surface area contributed by atoms with Gasteiger partial charge in [0.2, 0.25) is 5.91 Å². The van der Waals surface area contributed by atoms with Gasteiger partial charge in [-0.2, -0.15) is 5.10 Å². The Balaban J connectivity index is 1.85. The SMILES string of the molecule is C/C(=N/NC(=O)CSc1ccc(C)cc1)c1ccc(N)cc1. The summed E-state index contributed by atoms with van der Waals surface area (Å²) in [5.74, 6) is 0.210. The fourth-order valence-corrected chi connectivity index (χ4v) is 2.44. The van der Waals surface area contributed by atoms with Crippen molar-refractivity contribution < 1.29 is 4.79 Å². The first kappa shape index (κ1) is 16.1. The van der Waals surface area contributed by atoms with Gasteiger partial charge >= 0.3 is 0 Å². The highest BCUT2D eigenvalue weighted by Gasteiger charge is 2.03. The highest BCUT2D eigenvalue weighted by molar-refractivity contribution is 8.00. The molecule has 0 bridgehead atoms. The molecule has 0 spiro atoms. The highest BCUT2D eigenvalue weighted by Crippen LogP contribution is 2.17. The molecule has 0 aliphatic carbocycles. The average Bonchev–Trinajstić information content (AvgIpc) is 2.52. The van der Waals surface area contributed by atoms with Crippen LogP contribution in [0.15, 0.2) is 58.5 Å². The highest BCUT2D eigenvalue weighted by atomic mass is 32.2. The molecule has 0 fully saturated rings. The van der Waals surface area contributed by atoms with Crippen molar-refractivity contribution in [2.24, 2.45) is 5.10 Å². The van der Waals surface area contributed by atoms with Gasteiger partial charge in [-0.05, 0) is 43.7 Å². The number of nitrogens with zero attached hydrogens (tertiary/aromatic N) is 1. The van der Waals surface area contributed by atoms with E-state index >= 15 is 0 Å². The number of carbonyl (C=O) groups excluding carboxylic acids is 1. The zero-order valence-electron chi connectivity index (χ0n) is 12.7. The number of thioether (sulfide) groups is 1. The van der Waals surface area contributed by atoms with Crippen molar-refractivity contribution in [2.45, 2.75) is 18.7 Å². The Hall–Kier alpha value is -2.27. The van der Waals surface area contributed by atoms with Gasteiger partial charge < -0.3 is 5.73 Å². The lowest BCUT2D eigenvalue weighted by molar-refractivity contribution is -0.118. The zero-order chi connectivity index (χ0) is 15.9. The number of nitrogens with two attached hydrogens (primary N) is 1. The van der Waals surface area contributed by atoms with E-state index < -0.39 is 0 Å². The van der Waals surface area contributed by atoms with Crippen LogP contribution in [0.3, 0.4) is 0 Å². The summed E-state index contributed by atoms with van der Waals surface area (Å²) in [5.41, 5.74) is 11.8. The number of amides is 1. The van der Waals surface area contributed by atoms with Crippen LogP contribution in [-0.4, -0.2) is 17.4 Å². The Labute approximate surface area is 134 Å². The van der Waals surface area contributed by atoms with E-state index in [1.165, 1.54) is 17.3 Å². The van der Waals surface area contributed by atoms with Crippen molar-refractivity contribution in [1.29, 1.82) is 0 Å². The van der Waals surface area contributed by atoms with Crippen molar-refractivity contribution in [2.75, 3.05) is 11.5 Å². The predicted molar refractivity (Wildman–Crippen MR) is 93.1 cm³/mol. The van der Waals surface area contributed by atoms with Crippen LogP contribution in [0.5, 0.6) is 0 Å². The Morgan fingerprint density at radius 3 is 2.41 bits per heavy atom. The Morgan fingerprint density at radius 2 is 1.77 bits per heavy atom. The first-order chi connectivity index (χ1) is 10.5. The molecule has 22 heavy (non-hydrogen) atoms. The number of hydrogen-bond acceptors (Lipinski definition) is 4. The number of hydrogen-bond donors (Lipinski definition) is 2. The smallest absolute Gasteiger partial charge is 0.250 e. The first-order valence-corrected chi connectivity index (χ1v) is 7.91. The molecule has 2 aromatic rings. The fourth-order valence-electron chi connectivity index (χ4n) is 1.75. The normalized spacial score (nSPS) is 11.3. The summed E-state index contributed by atoms with van der Waals surface area (Å²) in [4.78, 5) is 12.9. The van der Waals surface area contributed by atoms with Gasteiger partial charge in [0.1, 0.15) is 0 Å². The first-order valence-electron chi connectivity index (χ1n) is 6.93. The van der Waals surface area contributed by atoms with E-state index in [9.17, 15) is 4.79 Å². The number of nitrogens with one attached hydrogen (secondary N) is 1. The van der Waals surface area contributed by atoms with Crippen molar-refractivity contribution >= 4 is 29.1 Å². The molecular formula is C17H19N3OS. The lowest BCUT2D eigenvalue weighted by Crippen LogP contribution is -2.21. The number of aryl methyl sites for hydroxylation is 1. The molecule has 0 unspecified atom stereocenters. The molecular weight excluding hydrogens is 294 g/mol. The van der Waals surface area contributed by atoms with Crippen molar-refractivity contribution in [3.63, 3.8) is 0 Å². The lowest BCUT2D eigenvalue weighted by atomic mass is 10.1. The van der Waals surface area contributed by atoms with Gasteiger partial charge in [-0.15, -0.1) is 11.8 Å². The van der Waals surface area contributed by atoms with Crippen LogP contribution in [0.2, 0.25) is 0 Å². The predicted octanol–water partition coefficient (Wildman–Crippen LogP) is 3.21. The van der Waals surface area contributed by atoms with Gasteiger partial charge in [0.05, 0.1) is 11.5 Å². The van der Waals surface area contributed by atoms with Crippen LogP contribution in [0.25, 0.3) is 0 Å². The zero-order valence-corrected chi connectivity index (χ0v) is 13.5. The molecule has 0 radical (unpaired) electrons. The molecule has 0 atom stereocenters. The summed E-state index contributed by atoms with van der Waals surface area (Å²) >= 11 is 1.49. The maximum absolute atomic E-state index is 11.8. The Kier molecular flexibility index (Phi) is 5.61. The van der Waals surface area contributed by atoms with E-state index in [0.29, 0.717) is 11.4 Å². The minimum Gasteiger partial charge on any atom is -0.399 e. The molecule has 0 aliphatic heterocycles. The number of benzene rings is 2.